The Morgan fingerprint density at radius 1 is 1.52 bits per heavy atom. The van der Waals surface area contributed by atoms with E-state index < -0.39 is 0 Å². The number of amides is 1. The van der Waals surface area contributed by atoms with E-state index >= 15 is 0 Å². The first-order valence-corrected chi connectivity index (χ1v) is 8.59. The third-order valence-electron chi connectivity index (χ3n) is 4.28. The average molecular weight is 337 g/mol. The highest BCUT2D eigenvalue weighted by atomic mass is 32.1. The van der Waals surface area contributed by atoms with Gasteiger partial charge < -0.3 is 10.4 Å². The van der Waals surface area contributed by atoms with E-state index in [2.05, 4.69) is 15.2 Å². The Balaban J connectivity index is 1.54. The molecule has 124 valence electrons. The SMILES string of the molecule is CC(O)C1CCN(CC(=O)Nc2nc3ccc(F)cc3s2)CC1. The number of hydrogen-bond acceptors (Lipinski definition) is 5. The fourth-order valence-electron chi connectivity index (χ4n) is 2.91. The van der Waals surface area contributed by atoms with Gasteiger partial charge in [-0.3, -0.25) is 9.69 Å². The fraction of sp³-hybridized carbons (Fsp3) is 0.500. The van der Waals surface area contributed by atoms with Gasteiger partial charge in [0.2, 0.25) is 5.91 Å². The average Bonchev–Trinajstić information content (AvgIpc) is 2.88. The molecule has 3 rings (SSSR count). The van der Waals surface area contributed by atoms with Crippen LogP contribution in [-0.2, 0) is 4.79 Å². The van der Waals surface area contributed by atoms with Crippen molar-refractivity contribution >= 4 is 32.6 Å². The smallest absolute Gasteiger partial charge is 0.240 e. The van der Waals surface area contributed by atoms with Crippen LogP contribution < -0.4 is 5.32 Å². The van der Waals surface area contributed by atoms with Gasteiger partial charge in [0.25, 0.3) is 0 Å². The molecule has 0 bridgehead atoms. The molecule has 1 aliphatic rings. The summed E-state index contributed by atoms with van der Waals surface area (Å²) in [5, 5.41) is 12.9. The summed E-state index contributed by atoms with van der Waals surface area (Å²) in [6.45, 7) is 3.77. The first-order chi connectivity index (χ1) is 11.0. The number of anilines is 1. The normalized spacial score (nSPS) is 18.2. The Bertz CT molecular complexity index is 696. The number of likely N-dealkylation sites (tertiary alicyclic amines) is 1. The van der Waals surface area contributed by atoms with E-state index in [1.807, 2.05) is 6.92 Å². The number of halogens is 1. The zero-order valence-corrected chi connectivity index (χ0v) is 13.8. The molecule has 0 aliphatic carbocycles. The number of aliphatic hydroxyl groups excluding tert-OH is 1. The molecule has 1 fully saturated rings. The lowest BCUT2D eigenvalue weighted by molar-refractivity contribution is -0.117. The minimum absolute atomic E-state index is 0.111. The molecule has 0 radical (unpaired) electrons. The van der Waals surface area contributed by atoms with Gasteiger partial charge >= 0.3 is 0 Å². The number of thiazole rings is 1. The van der Waals surface area contributed by atoms with Crippen molar-refractivity contribution in [1.82, 2.24) is 9.88 Å². The summed E-state index contributed by atoms with van der Waals surface area (Å²) >= 11 is 1.27. The number of hydrogen-bond donors (Lipinski definition) is 2. The second kappa shape index (κ2) is 6.90. The van der Waals surface area contributed by atoms with E-state index in [-0.39, 0.29) is 17.8 Å². The molecule has 0 saturated carbocycles. The second-order valence-electron chi connectivity index (χ2n) is 6.03. The summed E-state index contributed by atoms with van der Waals surface area (Å²) in [7, 11) is 0. The molecule has 1 amide bonds. The van der Waals surface area contributed by atoms with E-state index in [4.69, 9.17) is 0 Å². The van der Waals surface area contributed by atoms with E-state index in [9.17, 15) is 14.3 Å². The van der Waals surface area contributed by atoms with Gasteiger partial charge in [-0.1, -0.05) is 11.3 Å². The molecule has 23 heavy (non-hydrogen) atoms. The molecule has 2 aromatic rings. The number of carbonyl (C=O) groups excluding carboxylic acids is 1. The van der Waals surface area contributed by atoms with E-state index in [1.165, 1.54) is 23.5 Å². The van der Waals surface area contributed by atoms with Crippen molar-refractivity contribution in [1.29, 1.82) is 0 Å². The molecule has 1 aromatic heterocycles. The Hall–Kier alpha value is -1.57. The van der Waals surface area contributed by atoms with Crippen LogP contribution in [0.5, 0.6) is 0 Å². The zero-order valence-electron chi connectivity index (χ0n) is 13.0. The van der Waals surface area contributed by atoms with Gasteiger partial charge in [-0.15, -0.1) is 0 Å². The quantitative estimate of drug-likeness (QED) is 0.899. The van der Waals surface area contributed by atoms with Crippen LogP contribution in [0.15, 0.2) is 18.2 Å². The van der Waals surface area contributed by atoms with E-state index in [0.717, 1.165) is 30.6 Å². The molecular weight excluding hydrogens is 317 g/mol. The highest BCUT2D eigenvalue weighted by Crippen LogP contribution is 2.26. The Kier molecular flexibility index (Phi) is 4.89. The van der Waals surface area contributed by atoms with Crippen molar-refractivity contribution in [2.75, 3.05) is 25.0 Å². The standard InChI is InChI=1S/C16H20FN3O2S/c1-10(21)11-4-6-20(7-5-11)9-15(22)19-16-18-13-3-2-12(17)8-14(13)23-16/h2-3,8,10-11,21H,4-7,9H2,1H3,(H,18,19,22). The molecule has 7 heteroatoms. The monoisotopic (exact) mass is 337 g/mol. The predicted octanol–water partition coefficient (Wildman–Crippen LogP) is 2.47. The summed E-state index contributed by atoms with van der Waals surface area (Å²) < 4.78 is 13.9. The predicted molar refractivity (Wildman–Crippen MR) is 89.1 cm³/mol. The minimum Gasteiger partial charge on any atom is -0.393 e. The molecule has 2 heterocycles. The summed E-state index contributed by atoms with van der Waals surface area (Å²) in [6.07, 6.45) is 1.53. The summed E-state index contributed by atoms with van der Waals surface area (Å²) in [5.41, 5.74) is 0.685. The van der Waals surface area contributed by atoms with Crippen LogP contribution >= 0.6 is 11.3 Å². The number of aliphatic hydroxyl groups is 1. The van der Waals surface area contributed by atoms with Crippen LogP contribution in [0, 0.1) is 11.7 Å². The molecule has 1 atom stereocenters. The Morgan fingerprint density at radius 2 is 2.26 bits per heavy atom. The van der Waals surface area contributed by atoms with E-state index in [0.29, 0.717) is 23.1 Å². The highest BCUT2D eigenvalue weighted by molar-refractivity contribution is 7.22. The minimum atomic E-state index is -0.306. The van der Waals surface area contributed by atoms with Crippen LogP contribution in [0.2, 0.25) is 0 Å². The van der Waals surface area contributed by atoms with Gasteiger partial charge in [-0.2, -0.15) is 0 Å². The molecular formula is C16H20FN3O2S. The van der Waals surface area contributed by atoms with Crippen LogP contribution in [0.25, 0.3) is 10.2 Å². The first kappa shape index (κ1) is 16.3. The van der Waals surface area contributed by atoms with Gasteiger partial charge in [0.05, 0.1) is 22.9 Å². The van der Waals surface area contributed by atoms with Crippen molar-refractivity contribution in [2.45, 2.75) is 25.9 Å². The van der Waals surface area contributed by atoms with Crippen LogP contribution in [0.1, 0.15) is 19.8 Å². The molecule has 5 nitrogen and oxygen atoms in total. The van der Waals surface area contributed by atoms with Crippen molar-refractivity contribution in [3.8, 4) is 0 Å². The van der Waals surface area contributed by atoms with Gasteiger partial charge in [-0.05, 0) is 57.0 Å². The van der Waals surface area contributed by atoms with Gasteiger partial charge in [0.15, 0.2) is 5.13 Å². The van der Waals surface area contributed by atoms with Crippen LogP contribution in [0.3, 0.4) is 0 Å². The molecule has 1 unspecified atom stereocenters. The molecule has 1 aliphatic heterocycles. The van der Waals surface area contributed by atoms with Crippen LogP contribution in [-0.4, -0.2) is 46.6 Å². The maximum absolute atomic E-state index is 13.2. The topological polar surface area (TPSA) is 65.5 Å². The maximum Gasteiger partial charge on any atom is 0.240 e. The number of fused-ring (bicyclic) bond motifs is 1. The number of piperidine rings is 1. The van der Waals surface area contributed by atoms with E-state index in [1.54, 1.807) is 6.07 Å². The fourth-order valence-corrected chi connectivity index (χ4v) is 3.81. The number of rotatable bonds is 4. The summed E-state index contributed by atoms with van der Waals surface area (Å²) in [6, 6.07) is 4.39. The number of benzene rings is 1. The zero-order chi connectivity index (χ0) is 16.4. The summed E-state index contributed by atoms with van der Waals surface area (Å²) in [5.74, 6) is -0.0893. The van der Waals surface area contributed by atoms with Crippen molar-refractivity contribution < 1.29 is 14.3 Å². The molecule has 2 N–H and O–H groups in total. The van der Waals surface area contributed by atoms with Crippen molar-refractivity contribution in [3.05, 3.63) is 24.0 Å². The van der Waals surface area contributed by atoms with Gasteiger partial charge in [0, 0.05) is 0 Å². The first-order valence-electron chi connectivity index (χ1n) is 7.77. The van der Waals surface area contributed by atoms with Crippen molar-refractivity contribution in [3.63, 3.8) is 0 Å². The van der Waals surface area contributed by atoms with Gasteiger partial charge in [0.1, 0.15) is 5.82 Å². The molecule has 1 aromatic carbocycles. The lowest BCUT2D eigenvalue weighted by Crippen LogP contribution is -2.41. The number of aromatic nitrogens is 1. The molecule has 1 saturated heterocycles. The Morgan fingerprint density at radius 3 is 2.96 bits per heavy atom. The lowest BCUT2D eigenvalue weighted by atomic mass is 9.92. The lowest BCUT2D eigenvalue weighted by Gasteiger charge is -2.32. The maximum atomic E-state index is 13.2. The number of nitrogens with zero attached hydrogens (tertiary/aromatic N) is 2. The second-order valence-corrected chi connectivity index (χ2v) is 7.06. The third kappa shape index (κ3) is 4.04. The number of carbonyl (C=O) groups is 1. The van der Waals surface area contributed by atoms with Crippen LogP contribution in [0.4, 0.5) is 9.52 Å². The Labute approximate surface area is 138 Å². The third-order valence-corrected chi connectivity index (χ3v) is 5.21. The molecule has 0 spiro atoms. The van der Waals surface area contributed by atoms with Crippen molar-refractivity contribution in [2.24, 2.45) is 5.92 Å². The highest BCUT2D eigenvalue weighted by Gasteiger charge is 2.23. The van der Waals surface area contributed by atoms with Gasteiger partial charge in [-0.25, -0.2) is 9.37 Å². The summed E-state index contributed by atoms with van der Waals surface area (Å²) in [4.78, 5) is 18.5. The number of nitrogens with one attached hydrogen (secondary N) is 1. The largest absolute Gasteiger partial charge is 0.393 e.